The Morgan fingerprint density at radius 2 is 1.86 bits per heavy atom. The van der Waals surface area contributed by atoms with Crippen molar-refractivity contribution in [2.45, 2.75) is 42.1 Å². The normalized spacial score (nSPS) is 19.0. The van der Waals surface area contributed by atoms with Crippen molar-refractivity contribution in [3.8, 4) is 16.8 Å². The average Bonchev–Trinajstić information content (AvgIpc) is 3.77. The number of sulfone groups is 1. The number of aromatic nitrogens is 7. The van der Waals surface area contributed by atoms with Gasteiger partial charge in [-0.15, -0.1) is 0 Å². The first-order chi connectivity index (χ1) is 21.1. The number of para-hydroxylation sites is 1. The number of hydrogen-bond acceptors (Lipinski definition) is 10. The topological polar surface area (TPSA) is 181 Å². The molecule has 1 aromatic carbocycles. The summed E-state index contributed by atoms with van der Waals surface area (Å²) in [6, 6.07) is 10.9. The summed E-state index contributed by atoms with van der Waals surface area (Å²) in [6.07, 6.45) is 8.86. The van der Waals surface area contributed by atoms with E-state index in [9.17, 15) is 18.0 Å². The summed E-state index contributed by atoms with van der Waals surface area (Å²) in [6.45, 7) is 0.443. The Kier molecular flexibility index (Phi) is 7.69. The summed E-state index contributed by atoms with van der Waals surface area (Å²) in [7, 11) is -2.28. The summed E-state index contributed by atoms with van der Waals surface area (Å²) in [5, 5.41) is 11.4. The standard InChI is InChI=1S/C29H32N8O6S/c1-42-14-15-43-29(28(39)35-13-10-23(38)34-35)11-8-19(9-12-29)24-25(44(2,40)41)26(30)37-27(33-24)22(17-32-37)20-16-31-36(18-20)21-6-4-3-5-7-21/h3-7,10,13,16-19H,8-9,11-12,14-15,30H2,1-2H3,(H,34,38)/t19-,29-. The Hall–Kier alpha value is -4.60. The molecule has 4 aromatic heterocycles. The maximum Gasteiger partial charge on any atom is 0.277 e. The van der Waals surface area contributed by atoms with Crippen molar-refractivity contribution in [1.82, 2.24) is 34.2 Å². The third kappa shape index (κ3) is 5.33. The van der Waals surface area contributed by atoms with Crippen molar-refractivity contribution in [3.63, 3.8) is 0 Å². The molecule has 14 nitrogen and oxygen atoms in total. The van der Waals surface area contributed by atoms with Crippen molar-refractivity contribution >= 4 is 27.2 Å². The first-order valence-corrected chi connectivity index (χ1v) is 15.9. The minimum absolute atomic E-state index is 0.0385. The van der Waals surface area contributed by atoms with Gasteiger partial charge in [0, 0.05) is 48.9 Å². The Morgan fingerprint density at radius 3 is 2.52 bits per heavy atom. The lowest BCUT2D eigenvalue weighted by atomic mass is 9.76. The van der Waals surface area contributed by atoms with E-state index in [4.69, 9.17) is 20.2 Å². The van der Waals surface area contributed by atoms with Gasteiger partial charge >= 0.3 is 0 Å². The van der Waals surface area contributed by atoms with Gasteiger partial charge in [-0.3, -0.25) is 14.7 Å². The highest BCUT2D eigenvalue weighted by atomic mass is 32.2. The number of nitrogens with two attached hydrogens (primary N) is 1. The molecule has 1 saturated carbocycles. The van der Waals surface area contributed by atoms with Gasteiger partial charge in [-0.2, -0.15) is 14.7 Å². The second-order valence-electron chi connectivity index (χ2n) is 10.9. The lowest BCUT2D eigenvalue weighted by Gasteiger charge is -2.38. The van der Waals surface area contributed by atoms with Crippen LogP contribution in [0.25, 0.3) is 22.5 Å². The van der Waals surface area contributed by atoms with Crippen molar-refractivity contribution in [2.75, 3.05) is 32.3 Å². The van der Waals surface area contributed by atoms with Gasteiger partial charge in [0.1, 0.15) is 16.3 Å². The van der Waals surface area contributed by atoms with E-state index in [2.05, 4.69) is 15.3 Å². The number of nitrogen functional groups attached to an aromatic ring is 1. The number of benzene rings is 1. The fourth-order valence-corrected chi connectivity index (χ4v) is 6.89. The maximum absolute atomic E-state index is 13.6. The number of fused-ring (bicyclic) bond motifs is 1. The molecular formula is C29H32N8O6S. The van der Waals surface area contributed by atoms with Crippen LogP contribution in [-0.4, -0.2) is 80.7 Å². The molecule has 230 valence electrons. The van der Waals surface area contributed by atoms with E-state index in [-0.39, 0.29) is 42.7 Å². The van der Waals surface area contributed by atoms with E-state index in [1.165, 1.54) is 23.9 Å². The molecule has 0 unspecified atom stereocenters. The van der Waals surface area contributed by atoms with Crippen molar-refractivity contribution in [3.05, 3.63) is 77.2 Å². The number of rotatable bonds is 9. The van der Waals surface area contributed by atoms with Crippen LogP contribution < -0.4 is 11.3 Å². The van der Waals surface area contributed by atoms with Crippen LogP contribution in [0, 0.1) is 0 Å². The monoisotopic (exact) mass is 620 g/mol. The van der Waals surface area contributed by atoms with Crippen LogP contribution in [0.2, 0.25) is 0 Å². The largest absolute Gasteiger partial charge is 0.382 e. The van der Waals surface area contributed by atoms with Crippen LogP contribution in [-0.2, 0) is 19.3 Å². The molecule has 0 spiro atoms. The molecule has 44 heavy (non-hydrogen) atoms. The Bertz CT molecular complexity index is 1980. The highest BCUT2D eigenvalue weighted by Gasteiger charge is 2.45. The molecule has 4 heterocycles. The molecule has 0 bridgehead atoms. The summed E-state index contributed by atoms with van der Waals surface area (Å²) in [5.74, 6) is -0.797. The van der Waals surface area contributed by atoms with Gasteiger partial charge in [0.2, 0.25) is 0 Å². The van der Waals surface area contributed by atoms with Crippen molar-refractivity contribution < 1.29 is 22.7 Å². The van der Waals surface area contributed by atoms with Crippen molar-refractivity contribution in [1.29, 1.82) is 0 Å². The van der Waals surface area contributed by atoms with E-state index in [0.717, 1.165) is 22.2 Å². The number of carbonyl (C=O) groups is 1. The van der Waals surface area contributed by atoms with Gasteiger partial charge in [-0.05, 0) is 37.8 Å². The Labute approximate surface area is 252 Å². The van der Waals surface area contributed by atoms with Crippen LogP contribution in [0.5, 0.6) is 0 Å². The number of H-pyrrole nitrogens is 1. The number of ether oxygens (including phenoxy) is 2. The number of carbonyl (C=O) groups excluding carboxylic acids is 1. The fraction of sp³-hybridized carbons (Fsp3) is 0.345. The molecule has 0 saturated heterocycles. The molecule has 0 radical (unpaired) electrons. The van der Waals surface area contributed by atoms with Crippen LogP contribution in [0.3, 0.4) is 0 Å². The number of aromatic amines is 1. The predicted molar refractivity (Wildman–Crippen MR) is 161 cm³/mol. The lowest BCUT2D eigenvalue weighted by Crippen LogP contribution is -2.48. The third-order valence-corrected chi connectivity index (χ3v) is 9.17. The zero-order chi connectivity index (χ0) is 31.1. The number of hydrogen-bond donors (Lipinski definition) is 2. The van der Waals surface area contributed by atoms with Gasteiger partial charge in [0.05, 0.1) is 37.0 Å². The Balaban J connectivity index is 1.38. The SMILES string of the molecule is COCCO[C@]1(C(=O)n2ccc(=O)[nH]2)CC[C@@H](c2nc3c(-c4cnn(-c5ccccc5)c4)cnn3c(N)c2S(C)(=O)=O)CC1. The van der Waals surface area contributed by atoms with E-state index in [1.54, 1.807) is 17.1 Å². The molecule has 6 rings (SSSR count). The molecule has 1 aliphatic rings. The van der Waals surface area contributed by atoms with E-state index < -0.39 is 26.9 Å². The van der Waals surface area contributed by atoms with Crippen LogP contribution in [0.15, 0.2) is 70.9 Å². The van der Waals surface area contributed by atoms with Crippen LogP contribution >= 0.6 is 0 Å². The first kappa shape index (κ1) is 29.5. The second-order valence-corrected chi connectivity index (χ2v) is 12.8. The third-order valence-electron chi connectivity index (χ3n) is 8.01. The molecular weight excluding hydrogens is 588 g/mol. The Morgan fingerprint density at radius 1 is 1.11 bits per heavy atom. The van der Waals surface area contributed by atoms with E-state index in [0.29, 0.717) is 29.7 Å². The zero-order valence-corrected chi connectivity index (χ0v) is 25.0. The quantitative estimate of drug-likeness (QED) is 0.232. The fourth-order valence-electron chi connectivity index (χ4n) is 5.83. The van der Waals surface area contributed by atoms with Crippen molar-refractivity contribution in [2.24, 2.45) is 0 Å². The summed E-state index contributed by atoms with van der Waals surface area (Å²) < 4.78 is 41.6. The molecule has 0 amide bonds. The second kappa shape index (κ2) is 11.5. The predicted octanol–water partition coefficient (Wildman–Crippen LogP) is 2.46. The zero-order valence-electron chi connectivity index (χ0n) is 24.2. The van der Waals surface area contributed by atoms with Gasteiger partial charge in [0.15, 0.2) is 15.5 Å². The number of anilines is 1. The minimum Gasteiger partial charge on any atom is -0.382 e. The summed E-state index contributed by atoms with van der Waals surface area (Å²) in [4.78, 5) is 30.1. The molecule has 5 aromatic rings. The van der Waals surface area contributed by atoms with Gasteiger partial charge < -0.3 is 15.2 Å². The summed E-state index contributed by atoms with van der Waals surface area (Å²) >= 11 is 0. The molecule has 1 fully saturated rings. The molecule has 1 aliphatic carbocycles. The number of nitrogens with one attached hydrogen (secondary N) is 1. The van der Waals surface area contributed by atoms with E-state index in [1.807, 2.05) is 36.5 Å². The molecule has 0 aliphatic heterocycles. The van der Waals surface area contributed by atoms with Crippen LogP contribution in [0.1, 0.15) is 42.1 Å². The smallest absolute Gasteiger partial charge is 0.277 e. The highest BCUT2D eigenvalue weighted by Crippen LogP contribution is 2.43. The lowest BCUT2D eigenvalue weighted by molar-refractivity contribution is -0.0685. The average molecular weight is 621 g/mol. The van der Waals surface area contributed by atoms with Gasteiger partial charge in [0.25, 0.3) is 11.5 Å². The molecule has 15 heteroatoms. The van der Waals surface area contributed by atoms with E-state index >= 15 is 0 Å². The number of methoxy groups -OCH3 is 1. The summed E-state index contributed by atoms with van der Waals surface area (Å²) in [5.41, 5.74) is 7.80. The first-order valence-electron chi connectivity index (χ1n) is 14.0. The minimum atomic E-state index is -3.82. The number of nitrogens with zero attached hydrogens (tertiary/aromatic N) is 6. The van der Waals surface area contributed by atoms with Crippen LogP contribution in [0.4, 0.5) is 5.82 Å². The van der Waals surface area contributed by atoms with Gasteiger partial charge in [-0.1, -0.05) is 18.2 Å². The maximum atomic E-state index is 13.6. The molecule has 0 atom stereocenters. The van der Waals surface area contributed by atoms with Gasteiger partial charge in [-0.25, -0.2) is 22.8 Å². The highest BCUT2D eigenvalue weighted by molar-refractivity contribution is 7.91. The molecule has 3 N–H and O–H groups in total.